The quantitative estimate of drug-likeness (QED) is 0.779. The zero-order valence-electron chi connectivity index (χ0n) is 8.29. The summed E-state index contributed by atoms with van der Waals surface area (Å²) < 4.78 is 0. The lowest BCUT2D eigenvalue weighted by atomic mass is 9.99. The fraction of sp³-hybridized carbons (Fsp3) is 0.250. The molecule has 1 aromatic carbocycles. The number of nitrogens with one attached hydrogen (secondary N) is 1. The summed E-state index contributed by atoms with van der Waals surface area (Å²) in [7, 11) is 0. The molecule has 0 fully saturated rings. The van der Waals surface area contributed by atoms with Crippen molar-refractivity contribution in [3.63, 3.8) is 0 Å². The Hall–Kier alpha value is -1.28. The number of carbonyl (C=O) groups excluding carboxylic acids is 1. The van der Waals surface area contributed by atoms with Crippen LogP contribution in [0, 0.1) is 0 Å². The second-order valence-electron chi connectivity index (χ2n) is 3.57. The number of benzene rings is 1. The molecule has 0 atom stereocenters. The standard InChI is InChI=1S/C12H12ClNO/c13-11-5-1-3-9(7-11)12(15)10-4-2-6-14-8-10/h1,3,5,7-8,14H,2,4,6H2. The molecule has 0 bridgehead atoms. The smallest absolute Gasteiger partial charge is 0.190 e. The first-order valence-electron chi connectivity index (χ1n) is 5.00. The molecule has 0 radical (unpaired) electrons. The predicted molar refractivity (Wildman–Crippen MR) is 61.1 cm³/mol. The van der Waals surface area contributed by atoms with Crippen molar-refractivity contribution in [1.82, 2.24) is 5.32 Å². The van der Waals surface area contributed by atoms with Crippen molar-refractivity contribution in [3.05, 3.63) is 46.6 Å². The van der Waals surface area contributed by atoms with E-state index in [0.29, 0.717) is 10.6 Å². The van der Waals surface area contributed by atoms with Crippen LogP contribution in [0.15, 0.2) is 36.0 Å². The molecule has 15 heavy (non-hydrogen) atoms. The van der Waals surface area contributed by atoms with Crippen molar-refractivity contribution in [1.29, 1.82) is 0 Å². The lowest BCUT2D eigenvalue weighted by Gasteiger charge is -2.13. The highest BCUT2D eigenvalue weighted by molar-refractivity contribution is 6.31. The van der Waals surface area contributed by atoms with Crippen LogP contribution in [-0.2, 0) is 0 Å². The van der Waals surface area contributed by atoms with Gasteiger partial charge in [0.15, 0.2) is 5.78 Å². The van der Waals surface area contributed by atoms with Gasteiger partial charge in [0.2, 0.25) is 0 Å². The molecule has 1 aliphatic heterocycles. The maximum absolute atomic E-state index is 12.0. The topological polar surface area (TPSA) is 29.1 Å². The van der Waals surface area contributed by atoms with Gasteiger partial charge in [-0.3, -0.25) is 4.79 Å². The molecule has 1 heterocycles. The first-order chi connectivity index (χ1) is 7.27. The third-order valence-corrected chi connectivity index (χ3v) is 2.66. The number of carbonyl (C=O) groups is 1. The maximum Gasteiger partial charge on any atom is 0.190 e. The fourth-order valence-electron chi connectivity index (χ4n) is 1.64. The van der Waals surface area contributed by atoms with Crippen LogP contribution in [0.3, 0.4) is 0 Å². The van der Waals surface area contributed by atoms with Gasteiger partial charge < -0.3 is 5.32 Å². The minimum absolute atomic E-state index is 0.0738. The Morgan fingerprint density at radius 2 is 2.27 bits per heavy atom. The van der Waals surface area contributed by atoms with E-state index in [9.17, 15) is 4.79 Å². The van der Waals surface area contributed by atoms with Crippen LogP contribution in [0.25, 0.3) is 0 Å². The first-order valence-corrected chi connectivity index (χ1v) is 5.38. The molecule has 1 aliphatic rings. The summed E-state index contributed by atoms with van der Waals surface area (Å²) in [6.45, 7) is 0.951. The fourth-order valence-corrected chi connectivity index (χ4v) is 1.83. The molecule has 1 aromatic rings. The van der Waals surface area contributed by atoms with Gasteiger partial charge in [-0.25, -0.2) is 0 Å². The zero-order valence-corrected chi connectivity index (χ0v) is 9.05. The first kappa shape index (κ1) is 10.2. The summed E-state index contributed by atoms with van der Waals surface area (Å²) >= 11 is 5.84. The molecule has 0 aliphatic carbocycles. The molecule has 78 valence electrons. The molecule has 0 saturated heterocycles. The molecule has 0 amide bonds. The molecule has 2 nitrogen and oxygen atoms in total. The molecule has 3 heteroatoms. The Bertz CT molecular complexity index is 412. The van der Waals surface area contributed by atoms with E-state index in [1.165, 1.54) is 0 Å². The van der Waals surface area contributed by atoms with E-state index in [2.05, 4.69) is 5.32 Å². The Morgan fingerprint density at radius 1 is 1.40 bits per heavy atom. The van der Waals surface area contributed by atoms with Crippen molar-refractivity contribution in [2.45, 2.75) is 12.8 Å². The Balaban J connectivity index is 2.24. The number of halogens is 1. The van der Waals surface area contributed by atoms with Crippen LogP contribution in [0.1, 0.15) is 23.2 Å². The molecular weight excluding hydrogens is 210 g/mol. The number of rotatable bonds is 2. The second kappa shape index (κ2) is 4.49. The van der Waals surface area contributed by atoms with Crippen LogP contribution in [-0.4, -0.2) is 12.3 Å². The predicted octanol–water partition coefficient (Wildman–Crippen LogP) is 2.79. The number of hydrogen-bond acceptors (Lipinski definition) is 2. The molecule has 0 saturated carbocycles. The van der Waals surface area contributed by atoms with Crippen LogP contribution in [0.4, 0.5) is 0 Å². The molecule has 2 rings (SSSR count). The van der Waals surface area contributed by atoms with E-state index in [1.807, 2.05) is 6.20 Å². The van der Waals surface area contributed by atoms with E-state index in [4.69, 9.17) is 11.6 Å². The van der Waals surface area contributed by atoms with Gasteiger partial charge in [0, 0.05) is 28.9 Å². The van der Waals surface area contributed by atoms with Crippen LogP contribution in [0.5, 0.6) is 0 Å². The van der Waals surface area contributed by atoms with Crippen LogP contribution >= 0.6 is 11.6 Å². The Labute approximate surface area is 93.9 Å². The lowest BCUT2D eigenvalue weighted by Crippen LogP contribution is -2.18. The van der Waals surface area contributed by atoms with E-state index in [-0.39, 0.29) is 5.78 Å². The van der Waals surface area contributed by atoms with Crippen molar-refractivity contribution in [3.8, 4) is 0 Å². The van der Waals surface area contributed by atoms with E-state index < -0.39 is 0 Å². The number of ketones is 1. The van der Waals surface area contributed by atoms with Gasteiger partial charge in [-0.15, -0.1) is 0 Å². The monoisotopic (exact) mass is 221 g/mol. The summed E-state index contributed by atoms with van der Waals surface area (Å²) in [5.41, 5.74) is 1.50. The number of Topliss-reactive ketones (excluding diaryl/α,β-unsaturated/α-hetero) is 1. The Kier molecular flexibility index (Phi) is 3.07. The minimum Gasteiger partial charge on any atom is -0.391 e. The third-order valence-electron chi connectivity index (χ3n) is 2.42. The second-order valence-corrected chi connectivity index (χ2v) is 4.00. The van der Waals surface area contributed by atoms with Crippen LogP contribution < -0.4 is 5.32 Å². The zero-order chi connectivity index (χ0) is 10.7. The van der Waals surface area contributed by atoms with Gasteiger partial charge in [-0.05, 0) is 25.0 Å². The number of hydrogen-bond donors (Lipinski definition) is 1. The average Bonchev–Trinajstić information content (AvgIpc) is 2.29. The summed E-state index contributed by atoms with van der Waals surface area (Å²) in [6, 6.07) is 7.07. The molecule has 0 spiro atoms. The summed E-state index contributed by atoms with van der Waals surface area (Å²) in [5.74, 6) is 0.0738. The van der Waals surface area contributed by atoms with E-state index in [1.54, 1.807) is 24.3 Å². The van der Waals surface area contributed by atoms with Crippen molar-refractivity contribution < 1.29 is 4.79 Å². The number of allylic oxidation sites excluding steroid dienone is 1. The van der Waals surface area contributed by atoms with Gasteiger partial charge in [0.1, 0.15) is 0 Å². The van der Waals surface area contributed by atoms with Gasteiger partial charge in [-0.1, -0.05) is 23.7 Å². The third kappa shape index (κ3) is 2.39. The van der Waals surface area contributed by atoms with Gasteiger partial charge in [-0.2, -0.15) is 0 Å². The summed E-state index contributed by atoms with van der Waals surface area (Å²) in [5, 5.41) is 3.69. The highest BCUT2D eigenvalue weighted by Gasteiger charge is 2.14. The van der Waals surface area contributed by atoms with Gasteiger partial charge >= 0.3 is 0 Å². The van der Waals surface area contributed by atoms with E-state index in [0.717, 1.165) is 25.0 Å². The molecule has 0 aromatic heterocycles. The average molecular weight is 222 g/mol. The summed E-state index contributed by atoms with van der Waals surface area (Å²) in [4.78, 5) is 12.0. The van der Waals surface area contributed by atoms with Gasteiger partial charge in [0.05, 0.1) is 0 Å². The normalized spacial score (nSPS) is 15.4. The molecule has 0 unspecified atom stereocenters. The van der Waals surface area contributed by atoms with Crippen LogP contribution in [0.2, 0.25) is 5.02 Å². The van der Waals surface area contributed by atoms with Crippen molar-refractivity contribution >= 4 is 17.4 Å². The molecular formula is C12H12ClNO. The highest BCUT2D eigenvalue weighted by atomic mass is 35.5. The largest absolute Gasteiger partial charge is 0.391 e. The molecule has 1 N–H and O–H groups in total. The van der Waals surface area contributed by atoms with E-state index >= 15 is 0 Å². The highest BCUT2D eigenvalue weighted by Crippen LogP contribution is 2.18. The Morgan fingerprint density at radius 3 is 2.93 bits per heavy atom. The minimum atomic E-state index is 0.0738. The maximum atomic E-state index is 12.0. The van der Waals surface area contributed by atoms with Crippen molar-refractivity contribution in [2.75, 3.05) is 6.54 Å². The van der Waals surface area contributed by atoms with Gasteiger partial charge in [0.25, 0.3) is 0 Å². The summed E-state index contributed by atoms with van der Waals surface area (Å²) in [6.07, 6.45) is 3.67. The SMILES string of the molecule is O=C(C1=CNCCC1)c1cccc(Cl)c1. The van der Waals surface area contributed by atoms with Crippen molar-refractivity contribution in [2.24, 2.45) is 0 Å². The lowest BCUT2D eigenvalue weighted by molar-refractivity contribution is 0.102.